The first kappa shape index (κ1) is 8.82. The summed E-state index contributed by atoms with van der Waals surface area (Å²) in [6, 6.07) is 1.81. The molecule has 0 amide bonds. The number of anilines is 1. The van der Waals surface area contributed by atoms with Gasteiger partial charge in [0.25, 0.3) is 0 Å². The van der Waals surface area contributed by atoms with Crippen LogP contribution in [0.15, 0.2) is 12.3 Å². The van der Waals surface area contributed by atoms with Crippen molar-refractivity contribution in [2.24, 2.45) is 7.05 Å². The molecule has 0 spiro atoms. The molecule has 2 aromatic rings. The van der Waals surface area contributed by atoms with Gasteiger partial charge in [-0.05, 0) is 18.3 Å². The van der Waals surface area contributed by atoms with Crippen molar-refractivity contribution in [3.8, 4) is 11.5 Å². The molecule has 2 heterocycles. The Kier molecular flexibility index (Phi) is 2.01. The molecule has 0 aliphatic heterocycles. The maximum atomic E-state index is 5.51. The third-order valence-electron chi connectivity index (χ3n) is 1.73. The predicted molar refractivity (Wildman–Crippen MR) is 53.8 cm³/mol. The first-order valence-electron chi connectivity index (χ1n) is 3.89. The molecule has 0 aliphatic rings. The second-order valence-corrected chi connectivity index (χ2v) is 3.07. The van der Waals surface area contributed by atoms with Crippen LogP contribution in [0.4, 0.5) is 5.95 Å². The van der Waals surface area contributed by atoms with Crippen molar-refractivity contribution in [1.29, 1.82) is 0 Å². The van der Waals surface area contributed by atoms with Crippen LogP contribution in [0.3, 0.4) is 0 Å². The standard InChI is InChI=1S/C7H8N6S/c1-13-4(2-3-9-13)5-10-6(8)12-7(14)11-5/h2-3H,1H3,(H3,8,10,11,12,14). The van der Waals surface area contributed by atoms with Crippen molar-refractivity contribution in [1.82, 2.24) is 24.7 Å². The van der Waals surface area contributed by atoms with Crippen LogP contribution in [0, 0.1) is 4.77 Å². The fraction of sp³-hybridized carbons (Fsp3) is 0.143. The second kappa shape index (κ2) is 3.18. The molecule has 0 unspecified atom stereocenters. The van der Waals surface area contributed by atoms with Gasteiger partial charge in [-0.25, -0.2) is 0 Å². The van der Waals surface area contributed by atoms with E-state index in [1.807, 2.05) is 13.1 Å². The van der Waals surface area contributed by atoms with Gasteiger partial charge in [0.15, 0.2) is 5.82 Å². The van der Waals surface area contributed by atoms with Gasteiger partial charge in [-0.2, -0.15) is 15.1 Å². The molecule has 0 fully saturated rings. The number of hydrogen-bond acceptors (Lipinski definition) is 5. The molecule has 72 valence electrons. The lowest BCUT2D eigenvalue weighted by molar-refractivity contribution is 0.768. The topological polar surface area (TPSA) is 85.4 Å². The summed E-state index contributed by atoms with van der Waals surface area (Å²) in [5, 5.41) is 4.01. The van der Waals surface area contributed by atoms with E-state index in [4.69, 9.17) is 18.0 Å². The highest BCUT2D eigenvalue weighted by atomic mass is 32.1. The van der Waals surface area contributed by atoms with Crippen molar-refractivity contribution in [2.45, 2.75) is 0 Å². The fourth-order valence-corrected chi connectivity index (χ4v) is 1.32. The van der Waals surface area contributed by atoms with E-state index in [2.05, 4.69) is 20.1 Å². The van der Waals surface area contributed by atoms with E-state index < -0.39 is 0 Å². The smallest absolute Gasteiger partial charge is 0.224 e. The molecule has 3 N–H and O–H groups in total. The summed E-state index contributed by atoms with van der Waals surface area (Å²) < 4.78 is 1.89. The summed E-state index contributed by atoms with van der Waals surface area (Å²) in [5.74, 6) is 0.823. The minimum absolute atomic E-state index is 0.220. The number of aromatic nitrogens is 5. The zero-order valence-electron chi connectivity index (χ0n) is 7.43. The van der Waals surface area contributed by atoms with Crippen molar-refractivity contribution in [2.75, 3.05) is 5.73 Å². The molecule has 0 bridgehead atoms. The van der Waals surface area contributed by atoms with Crippen LogP contribution in [-0.2, 0) is 7.05 Å². The van der Waals surface area contributed by atoms with Gasteiger partial charge >= 0.3 is 0 Å². The van der Waals surface area contributed by atoms with E-state index in [9.17, 15) is 0 Å². The number of rotatable bonds is 1. The van der Waals surface area contributed by atoms with Gasteiger partial charge in [-0.15, -0.1) is 0 Å². The molecule has 14 heavy (non-hydrogen) atoms. The van der Waals surface area contributed by atoms with E-state index in [1.165, 1.54) is 0 Å². The highest BCUT2D eigenvalue weighted by Gasteiger charge is 2.05. The minimum Gasteiger partial charge on any atom is -0.369 e. The van der Waals surface area contributed by atoms with E-state index in [0.717, 1.165) is 5.69 Å². The van der Waals surface area contributed by atoms with Crippen LogP contribution >= 0.6 is 12.2 Å². The highest BCUT2D eigenvalue weighted by molar-refractivity contribution is 7.71. The Hall–Kier alpha value is -1.76. The molecule has 0 aromatic carbocycles. The average Bonchev–Trinajstić information content (AvgIpc) is 2.49. The number of nitrogens with two attached hydrogens (primary N) is 1. The number of nitrogens with one attached hydrogen (secondary N) is 1. The normalized spacial score (nSPS) is 10.4. The molecule has 0 saturated heterocycles. The molecule has 0 atom stereocenters. The van der Waals surface area contributed by atoms with E-state index >= 15 is 0 Å². The first-order valence-corrected chi connectivity index (χ1v) is 4.30. The average molecular weight is 208 g/mol. The Morgan fingerprint density at radius 1 is 1.50 bits per heavy atom. The largest absolute Gasteiger partial charge is 0.369 e. The maximum absolute atomic E-state index is 5.51. The number of nitrogen functional groups attached to an aromatic ring is 1. The summed E-state index contributed by atoms with van der Waals surface area (Å²) >= 11 is 4.85. The summed E-state index contributed by atoms with van der Waals surface area (Å²) in [5.41, 5.74) is 6.32. The van der Waals surface area contributed by atoms with Crippen LogP contribution in [0.2, 0.25) is 0 Å². The van der Waals surface area contributed by atoms with Crippen LogP contribution in [0.1, 0.15) is 0 Å². The number of H-pyrrole nitrogens is 1. The molecule has 0 saturated carbocycles. The van der Waals surface area contributed by atoms with E-state index in [0.29, 0.717) is 5.82 Å². The van der Waals surface area contributed by atoms with Crippen molar-refractivity contribution < 1.29 is 0 Å². The van der Waals surface area contributed by atoms with Crippen LogP contribution < -0.4 is 5.73 Å². The molecule has 2 rings (SSSR count). The molecule has 2 aromatic heterocycles. The lowest BCUT2D eigenvalue weighted by Gasteiger charge is -2.01. The first-order chi connectivity index (χ1) is 6.66. The Balaban J connectivity index is 2.63. The maximum Gasteiger partial charge on any atom is 0.224 e. The van der Waals surface area contributed by atoms with Crippen LogP contribution in [0.25, 0.3) is 11.5 Å². The molecular formula is C7H8N6S. The Bertz CT molecular complexity index is 513. The predicted octanol–water partition coefficient (Wildman–Crippen LogP) is 0.517. The van der Waals surface area contributed by atoms with Crippen molar-refractivity contribution >= 4 is 18.2 Å². The monoisotopic (exact) mass is 208 g/mol. The fourth-order valence-electron chi connectivity index (χ4n) is 1.13. The third-order valence-corrected chi connectivity index (χ3v) is 1.92. The Morgan fingerprint density at radius 2 is 2.29 bits per heavy atom. The quantitative estimate of drug-likeness (QED) is 0.667. The summed E-state index contributed by atoms with van der Waals surface area (Å²) in [7, 11) is 1.81. The molecule has 6 nitrogen and oxygen atoms in total. The number of nitrogens with zero attached hydrogens (tertiary/aromatic N) is 4. The number of aromatic amines is 1. The van der Waals surface area contributed by atoms with Crippen LogP contribution in [-0.4, -0.2) is 24.7 Å². The van der Waals surface area contributed by atoms with E-state index in [1.54, 1.807) is 10.9 Å². The number of aryl methyl sites for hydroxylation is 1. The van der Waals surface area contributed by atoms with Gasteiger partial charge in [0.1, 0.15) is 5.69 Å². The highest BCUT2D eigenvalue weighted by Crippen LogP contribution is 2.12. The lowest BCUT2D eigenvalue weighted by Crippen LogP contribution is -2.02. The number of hydrogen-bond donors (Lipinski definition) is 2. The Labute approximate surface area is 84.8 Å². The molecule has 7 heteroatoms. The SMILES string of the molecule is Cn1nccc1-c1nc(=S)nc(N)[nH]1. The molecular weight excluding hydrogens is 200 g/mol. The lowest BCUT2D eigenvalue weighted by atomic mass is 10.4. The van der Waals surface area contributed by atoms with Gasteiger partial charge in [-0.3, -0.25) is 4.68 Å². The minimum atomic E-state index is 0.220. The van der Waals surface area contributed by atoms with Gasteiger partial charge < -0.3 is 10.7 Å². The molecule has 0 radical (unpaired) electrons. The van der Waals surface area contributed by atoms with Crippen LogP contribution in [0.5, 0.6) is 0 Å². The Morgan fingerprint density at radius 3 is 2.86 bits per heavy atom. The van der Waals surface area contributed by atoms with Crippen molar-refractivity contribution in [3.05, 3.63) is 17.0 Å². The summed E-state index contributed by atoms with van der Waals surface area (Å²) in [4.78, 5) is 10.6. The third kappa shape index (κ3) is 1.49. The van der Waals surface area contributed by atoms with Gasteiger partial charge in [0, 0.05) is 13.2 Å². The van der Waals surface area contributed by atoms with Gasteiger partial charge in [0.05, 0.1) is 0 Å². The summed E-state index contributed by atoms with van der Waals surface area (Å²) in [6.45, 7) is 0. The zero-order chi connectivity index (χ0) is 10.1. The van der Waals surface area contributed by atoms with E-state index in [-0.39, 0.29) is 10.7 Å². The second-order valence-electron chi connectivity index (χ2n) is 2.71. The zero-order valence-corrected chi connectivity index (χ0v) is 8.25. The summed E-state index contributed by atoms with van der Waals surface area (Å²) in [6.07, 6.45) is 1.67. The van der Waals surface area contributed by atoms with Crippen molar-refractivity contribution in [3.63, 3.8) is 0 Å². The van der Waals surface area contributed by atoms with Gasteiger partial charge in [0.2, 0.25) is 10.7 Å². The molecule has 0 aliphatic carbocycles. The van der Waals surface area contributed by atoms with Gasteiger partial charge in [-0.1, -0.05) is 0 Å².